The number of ether oxygens (including phenoxy) is 7. The summed E-state index contributed by atoms with van der Waals surface area (Å²) in [5.41, 5.74) is -0.0752. The number of carbonyl (C=O) groups excluding carboxylic acids is 4. The van der Waals surface area contributed by atoms with Crippen molar-refractivity contribution >= 4 is 24.4 Å². The van der Waals surface area contributed by atoms with Crippen LogP contribution in [0.2, 0.25) is 0 Å². The molecule has 2 atom stereocenters. The first-order valence-electron chi connectivity index (χ1n) is 14.1. The van der Waals surface area contributed by atoms with E-state index in [4.69, 9.17) is 33.2 Å². The van der Waals surface area contributed by atoms with E-state index in [9.17, 15) is 19.2 Å². The SMILES string of the molecule is COC(=O)[C@H](Cc1ccc(OC(=O)OCC(C)(C)C)c(OC(=O)OCC(C)(C)C)c1)NCC(C)OC(=O)Oc1ccccc1. The fourth-order valence-electron chi connectivity index (χ4n) is 3.37. The average Bonchev–Trinajstić information content (AvgIpc) is 2.93. The number of hydrogen-bond donors (Lipinski definition) is 1. The maximum atomic E-state index is 12.6. The van der Waals surface area contributed by atoms with Crippen molar-refractivity contribution in [3.05, 3.63) is 54.1 Å². The molecule has 0 bridgehead atoms. The predicted molar refractivity (Wildman–Crippen MR) is 160 cm³/mol. The van der Waals surface area contributed by atoms with Crippen LogP contribution in [0.4, 0.5) is 14.4 Å². The lowest BCUT2D eigenvalue weighted by atomic mass is 9.99. The number of nitrogens with one attached hydrogen (secondary N) is 1. The first kappa shape index (κ1) is 35.9. The van der Waals surface area contributed by atoms with Crippen LogP contribution in [0, 0.1) is 10.8 Å². The van der Waals surface area contributed by atoms with E-state index < -0.39 is 36.6 Å². The fourth-order valence-corrected chi connectivity index (χ4v) is 3.37. The van der Waals surface area contributed by atoms with Crippen LogP contribution >= 0.6 is 0 Å². The summed E-state index contributed by atoms with van der Waals surface area (Å²) in [6, 6.07) is 12.0. The summed E-state index contributed by atoms with van der Waals surface area (Å²) >= 11 is 0. The van der Waals surface area contributed by atoms with Gasteiger partial charge in [-0.3, -0.25) is 4.79 Å². The standard InChI is InChI=1S/C32H43NO11/c1-21(41-30(37)42-23-12-10-9-11-13-23)18-33-24(27(34)38-8)16-22-14-15-25(43-28(35)39-19-31(2,3)4)26(17-22)44-29(36)40-20-32(5,6)7/h9-15,17,21,24,33H,16,18-20H2,1-8H3/t21?,24-/m0/s1. The second kappa shape index (κ2) is 16.5. The zero-order valence-electron chi connectivity index (χ0n) is 26.6. The molecule has 1 N–H and O–H groups in total. The maximum absolute atomic E-state index is 12.6. The van der Waals surface area contributed by atoms with Crippen molar-refractivity contribution in [2.24, 2.45) is 10.8 Å². The van der Waals surface area contributed by atoms with E-state index in [1.165, 1.54) is 19.2 Å². The highest BCUT2D eigenvalue weighted by Gasteiger charge is 2.24. The number of hydrogen-bond acceptors (Lipinski definition) is 12. The van der Waals surface area contributed by atoms with Gasteiger partial charge in [0, 0.05) is 6.54 Å². The molecule has 0 aromatic heterocycles. The van der Waals surface area contributed by atoms with Crippen molar-refractivity contribution in [3.8, 4) is 17.2 Å². The Bertz CT molecular complexity index is 1250. The van der Waals surface area contributed by atoms with Gasteiger partial charge in [0.15, 0.2) is 11.5 Å². The Morgan fingerprint density at radius 2 is 1.32 bits per heavy atom. The van der Waals surface area contributed by atoms with Gasteiger partial charge in [-0.15, -0.1) is 0 Å². The number of carbonyl (C=O) groups is 4. The Kier molecular flexibility index (Phi) is 13.5. The fraction of sp³-hybridized carbons (Fsp3) is 0.500. The van der Waals surface area contributed by atoms with Crippen molar-refractivity contribution in [2.75, 3.05) is 26.9 Å². The normalized spacial score (nSPS) is 12.7. The van der Waals surface area contributed by atoms with Crippen LogP contribution in [0.25, 0.3) is 0 Å². The number of benzene rings is 2. The number of methoxy groups -OCH3 is 1. The summed E-state index contributed by atoms with van der Waals surface area (Å²) < 4.78 is 36.4. The first-order chi connectivity index (χ1) is 20.5. The molecule has 0 amide bonds. The van der Waals surface area contributed by atoms with E-state index in [0.717, 1.165) is 0 Å². The van der Waals surface area contributed by atoms with Crippen molar-refractivity contribution < 1.29 is 52.3 Å². The molecular weight excluding hydrogens is 574 g/mol. The quantitative estimate of drug-likeness (QED) is 0.167. The van der Waals surface area contributed by atoms with Gasteiger partial charge < -0.3 is 38.5 Å². The summed E-state index contributed by atoms with van der Waals surface area (Å²) in [5, 5.41) is 3.02. The Labute approximate surface area is 258 Å². The van der Waals surface area contributed by atoms with E-state index in [0.29, 0.717) is 11.3 Å². The highest BCUT2D eigenvalue weighted by Crippen LogP contribution is 2.30. The summed E-state index contributed by atoms with van der Waals surface area (Å²) in [6.07, 6.45) is -3.45. The third kappa shape index (κ3) is 14.2. The van der Waals surface area contributed by atoms with Gasteiger partial charge in [-0.25, -0.2) is 14.4 Å². The van der Waals surface area contributed by atoms with E-state index in [-0.39, 0.29) is 48.5 Å². The molecule has 0 fully saturated rings. The summed E-state index contributed by atoms with van der Waals surface area (Å²) in [6.45, 7) is 13.3. The molecular formula is C32H43NO11. The van der Waals surface area contributed by atoms with E-state index in [2.05, 4.69) is 5.32 Å². The highest BCUT2D eigenvalue weighted by molar-refractivity contribution is 5.76. The Hall–Kier alpha value is -4.32. The van der Waals surface area contributed by atoms with Crippen LogP contribution < -0.4 is 19.5 Å². The van der Waals surface area contributed by atoms with Crippen LogP contribution in [-0.2, 0) is 30.2 Å². The molecule has 2 rings (SSSR count). The Morgan fingerprint density at radius 1 is 0.750 bits per heavy atom. The van der Waals surface area contributed by atoms with Crippen molar-refractivity contribution in [3.63, 3.8) is 0 Å². The molecule has 242 valence electrons. The van der Waals surface area contributed by atoms with Gasteiger partial charge in [0.25, 0.3) is 0 Å². The zero-order chi connectivity index (χ0) is 32.9. The Morgan fingerprint density at radius 3 is 1.86 bits per heavy atom. The molecule has 1 unspecified atom stereocenters. The van der Waals surface area contributed by atoms with Gasteiger partial charge in [-0.1, -0.05) is 65.8 Å². The van der Waals surface area contributed by atoms with Gasteiger partial charge in [-0.2, -0.15) is 0 Å². The number of esters is 1. The zero-order valence-corrected chi connectivity index (χ0v) is 26.6. The Balaban J connectivity index is 2.14. The topological polar surface area (TPSA) is 145 Å². The van der Waals surface area contributed by atoms with Gasteiger partial charge in [0.05, 0.1) is 20.3 Å². The van der Waals surface area contributed by atoms with Gasteiger partial charge >= 0.3 is 24.4 Å². The predicted octanol–water partition coefficient (Wildman–Crippen LogP) is 6.09. The van der Waals surface area contributed by atoms with Crippen LogP contribution in [-0.4, -0.2) is 63.4 Å². The molecule has 0 aliphatic rings. The third-order valence-electron chi connectivity index (χ3n) is 5.46. The molecule has 0 aliphatic heterocycles. The molecule has 12 nitrogen and oxygen atoms in total. The maximum Gasteiger partial charge on any atom is 0.514 e. The summed E-state index contributed by atoms with van der Waals surface area (Å²) in [4.78, 5) is 49.5. The van der Waals surface area contributed by atoms with Gasteiger partial charge in [0.2, 0.25) is 0 Å². The van der Waals surface area contributed by atoms with Crippen molar-refractivity contribution in [2.45, 2.75) is 67.0 Å². The molecule has 0 saturated heterocycles. The summed E-state index contributed by atoms with van der Waals surface area (Å²) in [5.74, 6) is -0.442. The average molecular weight is 618 g/mol. The van der Waals surface area contributed by atoms with E-state index in [1.807, 2.05) is 41.5 Å². The molecule has 0 heterocycles. The van der Waals surface area contributed by atoms with Crippen LogP contribution in [0.1, 0.15) is 54.0 Å². The van der Waals surface area contributed by atoms with E-state index >= 15 is 0 Å². The van der Waals surface area contributed by atoms with Crippen molar-refractivity contribution in [1.82, 2.24) is 5.32 Å². The highest BCUT2D eigenvalue weighted by atomic mass is 16.7. The molecule has 0 aliphatic carbocycles. The van der Waals surface area contributed by atoms with Gasteiger partial charge in [-0.05, 0) is 54.0 Å². The second-order valence-corrected chi connectivity index (χ2v) is 12.5. The third-order valence-corrected chi connectivity index (χ3v) is 5.46. The van der Waals surface area contributed by atoms with Crippen LogP contribution in [0.15, 0.2) is 48.5 Å². The molecule has 0 spiro atoms. The molecule has 0 saturated carbocycles. The first-order valence-corrected chi connectivity index (χ1v) is 14.1. The largest absolute Gasteiger partial charge is 0.514 e. The van der Waals surface area contributed by atoms with Crippen molar-refractivity contribution in [1.29, 1.82) is 0 Å². The number of para-hydroxylation sites is 1. The minimum absolute atomic E-state index is 0.0794. The monoisotopic (exact) mass is 617 g/mol. The molecule has 2 aromatic carbocycles. The van der Waals surface area contributed by atoms with Crippen LogP contribution in [0.3, 0.4) is 0 Å². The molecule has 44 heavy (non-hydrogen) atoms. The molecule has 12 heteroatoms. The number of rotatable bonds is 12. The van der Waals surface area contributed by atoms with Crippen LogP contribution in [0.5, 0.6) is 17.2 Å². The van der Waals surface area contributed by atoms with Gasteiger partial charge in [0.1, 0.15) is 17.9 Å². The molecule has 2 aromatic rings. The lowest BCUT2D eigenvalue weighted by Crippen LogP contribution is -2.43. The second-order valence-electron chi connectivity index (χ2n) is 12.5. The lowest BCUT2D eigenvalue weighted by Gasteiger charge is -2.21. The molecule has 0 radical (unpaired) electrons. The lowest BCUT2D eigenvalue weighted by molar-refractivity contribution is -0.143. The minimum atomic E-state index is -0.999. The smallest absolute Gasteiger partial charge is 0.468 e. The minimum Gasteiger partial charge on any atom is -0.468 e. The summed E-state index contributed by atoms with van der Waals surface area (Å²) in [7, 11) is 1.24. The van der Waals surface area contributed by atoms with E-state index in [1.54, 1.807) is 43.3 Å².